The van der Waals surface area contributed by atoms with Gasteiger partial charge in [0.2, 0.25) is 5.91 Å². The van der Waals surface area contributed by atoms with Crippen LogP contribution in [-0.4, -0.2) is 16.4 Å². The van der Waals surface area contributed by atoms with E-state index >= 15 is 0 Å². The number of nitrogens with one attached hydrogen (secondary N) is 2. The summed E-state index contributed by atoms with van der Waals surface area (Å²) in [6.45, 7) is 4.17. The third-order valence-corrected chi connectivity index (χ3v) is 4.53. The van der Waals surface area contributed by atoms with Crippen molar-refractivity contribution < 1.29 is 22.8 Å². The highest BCUT2D eigenvalue weighted by Crippen LogP contribution is 2.30. The second-order valence-corrected chi connectivity index (χ2v) is 6.48. The van der Waals surface area contributed by atoms with Crippen molar-refractivity contribution in [3.63, 3.8) is 0 Å². The van der Waals surface area contributed by atoms with Gasteiger partial charge < -0.3 is 15.2 Å². The number of hydrogen-bond acceptors (Lipinski definition) is 2. The van der Waals surface area contributed by atoms with Gasteiger partial charge in [0.05, 0.1) is 5.56 Å². The first-order valence-electron chi connectivity index (χ1n) is 9.14. The topological polar surface area (TPSA) is 63.1 Å². The molecule has 3 aromatic rings. The number of rotatable bonds is 5. The van der Waals surface area contributed by atoms with E-state index in [4.69, 9.17) is 0 Å². The maximum absolute atomic E-state index is 12.7. The van der Waals surface area contributed by atoms with Crippen LogP contribution in [0.15, 0.2) is 48.5 Å². The first kappa shape index (κ1) is 20.4. The Kier molecular flexibility index (Phi) is 5.63. The van der Waals surface area contributed by atoms with Crippen LogP contribution in [0.1, 0.15) is 36.3 Å². The summed E-state index contributed by atoms with van der Waals surface area (Å²) >= 11 is 0. The van der Waals surface area contributed by atoms with Gasteiger partial charge in [-0.05, 0) is 55.5 Å². The molecular formula is C21H20F3N3O2. The highest BCUT2D eigenvalue weighted by Gasteiger charge is 2.30. The fraction of sp³-hybridized carbons (Fsp3) is 0.238. The fourth-order valence-corrected chi connectivity index (χ4v) is 3.06. The number of benzene rings is 2. The molecule has 152 valence electrons. The molecule has 2 aromatic carbocycles. The SMILES string of the molecule is CCC(=O)Nc1ccc2c(c1)cc(C(=O)Nc1ccc(C(F)(F)F)cc1)n2CC. The summed E-state index contributed by atoms with van der Waals surface area (Å²) in [5, 5.41) is 6.18. The molecular weight excluding hydrogens is 383 g/mol. The number of hydrogen-bond donors (Lipinski definition) is 2. The van der Waals surface area contributed by atoms with E-state index in [1.807, 2.05) is 13.0 Å². The molecule has 2 amide bonds. The molecule has 0 saturated heterocycles. The van der Waals surface area contributed by atoms with Crippen LogP contribution in [0.25, 0.3) is 10.9 Å². The van der Waals surface area contributed by atoms with Crippen molar-refractivity contribution in [3.05, 3.63) is 59.8 Å². The quantitative estimate of drug-likeness (QED) is 0.609. The van der Waals surface area contributed by atoms with Crippen LogP contribution in [0.5, 0.6) is 0 Å². The van der Waals surface area contributed by atoms with E-state index in [9.17, 15) is 22.8 Å². The molecule has 1 aromatic heterocycles. The minimum Gasteiger partial charge on any atom is -0.337 e. The monoisotopic (exact) mass is 403 g/mol. The molecule has 0 spiro atoms. The molecule has 0 atom stereocenters. The molecule has 3 rings (SSSR count). The largest absolute Gasteiger partial charge is 0.416 e. The van der Waals surface area contributed by atoms with Crippen LogP contribution < -0.4 is 10.6 Å². The summed E-state index contributed by atoms with van der Waals surface area (Å²) in [6.07, 6.45) is -4.07. The van der Waals surface area contributed by atoms with Gasteiger partial charge in [-0.25, -0.2) is 0 Å². The van der Waals surface area contributed by atoms with Crippen LogP contribution in [0, 0.1) is 0 Å². The fourth-order valence-electron chi connectivity index (χ4n) is 3.06. The number of aromatic nitrogens is 1. The smallest absolute Gasteiger partial charge is 0.337 e. The van der Waals surface area contributed by atoms with Crippen molar-refractivity contribution in [1.29, 1.82) is 0 Å². The summed E-state index contributed by atoms with van der Waals surface area (Å²) in [7, 11) is 0. The van der Waals surface area contributed by atoms with Gasteiger partial charge in [0.25, 0.3) is 5.91 Å². The van der Waals surface area contributed by atoms with Gasteiger partial charge in [-0.15, -0.1) is 0 Å². The minimum absolute atomic E-state index is 0.112. The van der Waals surface area contributed by atoms with E-state index in [1.165, 1.54) is 12.1 Å². The van der Waals surface area contributed by atoms with Crippen molar-refractivity contribution in [1.82, 2.24) is 4.57 Å². The van der Waals surface area contributed by atoms with Crippen molar-refractivity contribution in [2.75, 3.05) is 10.6 Å². The Hall–Kier alpha value is -3.29. The van der Waals surface area contributed by atoms with Crippen LogP contribution in [0.4, 0.5) is 24.5 Å². The molecule has 0 aliphatic rings. The van der Waals surface area contributed by atoms with Crippen LogP contribution >= 0.6 is 0 Å². The number of aryl methyl sites for hydroxylation is 1. The van der Waals surface area contributed by atoms with Crippen LogP contribution in [0.2, 0.25) is 0 Å². The second-order valence-electron chi connectivity index (χ2n) is 6.48. The average molecular weight is 403 g/mol. The van der Waals surface area contributed by atoms with Gasteiger partial charge >= 0.3 is 6.18 Å². The molecule has 0 fully saturated rings. The van der Waals surface area contributed by atoms with Crippen molar-refractivity contribution in [2.45, 2.75) is 33.0 Å². The van der Waals surface area contributed by atoms with Gasteiger partial charge in [0.1, 0.15) is 5.69 Å². The number of carbonyl (C=O) groups is 2. The Labute approximate surface area is 165 Å². The Morgan fingerprint density at radius 1 is 0.931 bits per heavy atom. The van der Waals surface area contributed by atoms with E-state index < -0.39 is 17.6 Å². The molecule has 0 radical (unpaired) electrons. The molecule has 0 aliphatic heterocycles. The summed E-state index contributed by atoms with van der Waals surface area (Å²) in [6, 6.07) is 11.3. The van der Waals surface area contributed by atoms with E-state index in [0.717, 1.165) is 23.0 Å². The first-order chi connectivity index (χ1) is 13.7. The van der Waals surface area contributed by atoms with Gasteiger partial charge in [-0.1, -0.05) is 6.92 Å². The molecule has 29 heavy (non-hydrogen) atoms. The average Bonchev–Trinajstić information content (AvgIpc) is 3.05. The van der Waals surface area contributed by atoms with E-state index in [-0.39, 0.29) is 11.6 Å². The van der Waals surface area contributed by atoms with Crippen molar-refractivity contribution >= 4 is 34.1 Å². The maximum atomic E-state index is 12.7. The second kappa shape index (κ2) is 7.98. The number of amides is 2. The lowest BCUT2D eigenvalue weighted by molar-refractivity contribution is -0.137. The first-order valence-corrected chi connectivity index (χ1v) is 9.14. The third-order valence-electron chi connectivity index (χ3n) is 4.53. The summed E-state index contributed by atoms with van der Waals surface area (Å²) in [5.41, 5.74) is 1.32. The Morgan fingerprint density at radius 3 is 2.17 bits per heavy atom. The lowest BCUT2D eigenvalue weighted by Crippen LogP contribution is -2.16. The Morgan fingerprint density at radius 2 is 1.59 bits per heavy atom. The molecule has 2 N–H and O–H groups in total. The highest BCUT2D eigenvalue weighted by atomic mass is 19.4. The normalized spacial score (nSPS) is 11.5. The van der Waals surface area contributed by atoms with Crippen molar-refractivity contribution in [3.8, 4) is 0 Å². The molecule has 0 unspecified atom stereocenters. The summed E-state index contributed by atoms with van der Waals surface area (Å²) in [4.78, 5) is 24.3. The number of halogens is 3. The lowest BCUT2D eigenvalue weighted by Gasteiger charge is -2.10. The molecule has 0 saturated carbocycles. The predicted octanol–water partition coefficient (Wildman–Crippen LogP) is 5.28. The zero-order valence-electron chi connectivity index (χ0n) is 15.9. The van der Waals surface area contributed by atoms with Crippen LogP contribution in [-0.2, 0) is 17.5 Å². The standard InChI is InChI=1S/C21H20F3N3O2/c1-3-19(28)25-16-9-10-17-13(11-16)12-18(27(17)4-2)20(29)26-15-7-5-14(6-8-15)21(22,23)24/h5-12H,3-4H2,1-2H3,(H,25,28)(H,26,29). The zero-order chi connectivity index (χ0) is 21.2. The lowest BCUT2D eigenvalue weighted by atomic mass is 10.2. The number of fused-ring (bicyclic) bond motifs is 1. The zero-order valence-corrected chi connectivity index (χ0v) is 15.9. The number of nitrogens with zero attached hydrogens (tertiary/aromatic N) is 1. The number of alkyl halides is 3. The predicted molar refractivity (Wildman–Crippen MR) is 106 cm³/mol. The number of anilines is 2. The van der Waals surface area contributed by atoms with Gasteiger partial charge in [0.15, 0.2) is 0 Å². The molecule has 1 heterocycles. The van der Waals surface area contributed by atoms with Gasteiger partial charge in [-0.2, -0.15) is 13.2 Å². The third kappa shape index (κ3) is 4.42. The van der Waals surface area contributed by atoms with E-state index in [1.54, 1.807) is 29.7 Å². The molecule has 0 aliphatic carbocycles. The van der Waals surface area contributed by atoms with Crippen molar-refractivity contribution in [2.24, 2.45) is 0 Å². The van der Waals surface area contributed by atoms with Gasteiger partial charge in [0, 0.05) is 35.2 Å². The van der Waals surface area contributed by atoms with Crippen LogP contribution in [0.3, 0.4) is 0 Å². The summed E-state index contributed by atoms with van der Waals surface area (Å²) in [5.74, 6) is -0.540. The molecule has 8 heteroatoms. The highest BCUT2D eigenvalue weighted by molar-refractivity contribution is 6.07. The van der Waals surface area contributed by atoms with E-state index in [0.29, 0.717) is 24.3 Å². The molecule has 5 nitrogen and oxygen atoms in total. The summed E-state index contributed by atoms with van der Waals surface area (Å²) < 4.78 is 39.9. The van der Waals surface area contributed by atoms with Gasteiger partial charge in [-0.3, -0.25) is 9.59 Å². The minimum atomic E-state index is -4.43. The van der Waals surface area contributed by atoms with E-state index in [2.05, 4.69) is 10.6 Å². The Bertz CT molecular complexity index is 1050. The number of carbonyl (C=O) groups excluding carboxylic acids is 2. The maximum Gasteiger partial charge on any atom is 0.416 e. The Balaban J connectivity index is 1.87. The molecule has 0 bridgehead atoms.